The molecule has 1 N–H and O–H groups in total. The first kappa shape index (κ1) is 13.3. The molecule has 0 unspecified atom stereocenters. The van der Waals surface area contributed by atoms with Crippen LogP contribution in [0.3, 0.4) is 0 Å². The Hall–Kier alpha value is -2.09. The molecule has 5 heteroatoms. The van der Waals surface area contributed by atoms with Gasteiger partial charge in [-0.25, -0.2) is 4.39 Å². The highest BCUT2D eigenvalue weighted by Crippen LogP contribution is 2.38. The Morgan fingerprint density at radius 1 is 1.47 bits per heavy atom. The van der Waals surface area contributed by atoms with Gasteiger partial charge >= 0.3 is 0 Å². The number of hydrogen-bond donors (Lipinski definition) is 1. The van der Waals surface area contributed by atoms with E-state index in [1.54, 1.807) is 0 Å². The number of amides is 1. The van der Waals surface area contributed by atoms with Gasteiger partial charge in [-0.3, -0.25) is 4.79 Å². The molecule has 0 aromatic heterocycles. The maximum absolute atomic E-state index is 13.3. The molecule has 0 heterocycles. The fraction of sp³-hybridized carbons (Fsp3) is 0.429. The summed E-state index contributed by atoms with van der Waals surface area (Å²) >= 11 is 0. The minimum atomic E-state index is -0.943. The Morgan fingerprint density at radius 2 is 2.16 bits per heavy atom. The Bertz CT molecular complexity index is 531. The van der Waals surface area contributed by atoms with Gasteiger partial charge in [-0.15, -0.1) is 0 Å². The van der Waals surface area contributed by atoms with E-state index in [2.05, 4.69) is 11.4 Å². The van der Waals surface area contributed by atoms with Crippen LogP contribution in [0.25, 0.3) is 0 Å². The lowest BCUT2D eigenvalue weighted by Crippen LogP contribution is -2.32. The summed E-state index contributed by atoms with van der Waals surface area (Å²) in [5.74, 6) is -0.743. The highest BCUT2D eigenvalue weighted by atomic mass is 19.1. The number of ether oxygens (including phenoxy) is 1. The van der Waals surface area contributed by atoms with Gasteiger partial charge < -0.3 is 10.1 Å². The van der Waals surface area contributed by atoms with Crippen LogP contribution in [0.2, 0.25) is 0 Å². The van der Waals surface area contributed by atoms with Crippen molar-refractivity contribution in [3.63, 3.8) is 0 Å². The average molecular weight is 262 g/mol. The molecule has 1 fully saturated rings. The number of methoxy groups -OCH3 is 1. The van der Waals surface area contributed by atoms with Crippen molar-refractivity contribution in [3.8, 4) is 11.8 Å². The van der Waals surface area contributed by atoms with Crippen molar-refractivity contribution in [3.05, 3.63) is 24.0 Å². The smallest absolute Gasteiger partial charge is 0.244 e. The van der Waals surface area contributed by atoms with Crippen LogP contribution >= 0.6 is 0 Å². The van der Waals surface area contributed by atoms with E-state index in [0.29, 0.717) is 18.5 Å². The molecule has 0 aliphatic heterocycles. The van der Waals surface area contributed by atoms with Crippen molar-refractivity contribution in [2.75, 3.05) is 12.4 Å². The minimum Gasteiger partial charge on any atom is -0.494 e. The Kier molecular flexibility index (Phi) is 3.70. The number of carbonyl (C=O) groups excluding carboxylic acids is 1. The van der Waals surface area contributed by atoms with Crippen LogP contribution in [-0.2, 0) is 4.79 Å². The summed E-state index contributed by atoms with van der Waals surface area (Å²) in [5.41, 5.74) is -0.508. The van der Waals surface area contributed by atoms with Crippen molar-refractivity contribution in [1.82, 2.24) is 0 Å². The van der Waals surface area contributed by atoms with Crippen LogP contribution in [-0.4, -0.2) is 13.0 Å². The number of nitrogens with zero attached hydrogens (tertiary/aromatic N) is 1. The lowest BCUT2D eigenvalue weighted by atomic mass is 9.87. The molecule has 100 valence electrons. The third-order valence-corrected chi connectivity index (χ3v) is 3.51. The fourth-order valence-electron chi connectivity index (χ4n) is 2.36. The zero-order chi connectivity index (χ0) is 13.9. The summed E-state index contributed by atoms with van der Waals surface area (Å²) in [4.78, 5) is 12.2. The highest BCUT2D eigenvalue weighted by molar-refractivity contribution is 5.97. The highest BCUT2D eigenvalue weighted by Gasteiger charge is 2.41. The molecule has 1 saturated carbocycles. The first-order chi connectivity index (χ1) is 9.11. The van der Waals surface area contributed by atoms with Gasteiger partial charge in [-0.1, -0.05) is 12.8 Å². The maximum atomic E-state index is 13.3. The SMILES string of the molecule is COc1cc(NC(=O)C2(C#N)CCCC2)ccc1F. The maximum Gasteiger partial charge on any atom is 0.244 e. The topological polar surface area (TPSA) is 62.1 Å². The molecule has 19 heavy (non-hydrogen) atoms. The van der Waals surface area contributed by atoms with Crippen LogP contribution in [0.4, 0.5) is 10.1 Å². The van der Waals surface area contributed by atoms with E-state index in [9.17, 15) is 14.4 Å². The number of nitriles is 1. The molecule has 1 aromatic carbocycles. The normalized spacial score (nSPS) is 16.7. The lowest BCUT2D eigenvalue weighted by molar-refractivity contribution is -0.122. The van der Waals surface area contributed by atoms with Crippen LogP contribution in [0, 0.1) is 22.6 Å². The molecule has 0 saturated heterocycles. The molecule has 0 radical (unpaired) electrons. The van der Waals surface area contributed by atoms with E-state index < -0.39 is 11.2 Å². The number of nitrogens with one attached hydrogen (secondary N) is 1. The van der Waals surface area contributed by atoms with Gasteiger partial charge in [0.1, 0.15) is 5.41 Å². The number of anilines is 1. The fourth-order valence-corrected chi connectivity index (χ4v) is 2.36. The van der Waals surface area contributed by atoms with E-state index in [1.165, 1.54) is 25.3 Å². The third kappa shape index (κ3) is 2.53. The van der Waals surface area contributed by atoms with Crippen LogP contribution in [0.15, 0.2) is 18.2 Å². The summed E-state index contributed by atoms with van der Waals surface area (Å²) in [7, 11) is 1.36. The van der Waals surface area contributed by atoms with Crippen LogP contribution in [0.1, 0.15) is 25.7 Å². The van der Waals surface area contributed by atoms with Crippen molar-refractivity contribution < 1.29 is 13.9 Å². The second kappa shape index (κ2) is 5.27. The van der Waals surface area contributed by atoms with Gasteiger partial charge in [0.15, 0.2) is 11.6 Å². The molecule has 0 spiro atoms. The van der Waals surface area contributed by atoms with Crippen molar-refractivity contribution in [1.29, 1.82) is 5.26 Å². The van der Waals surface area contributed by atoms with Gasteiger partial charge in [-0.2, -0.15) is 5.26 Å². The second-order valence-electron chi connectivity index (χ2n) is 4.70. The number of halogens is 1. The Balaban J connectivity index is 2.17. The Labute approximate surface area is 111 Å². The molecular formula is C14H15FN2O2. The van der Waals surface area contributed by atoms with E-state index in [-0.39, 0.29) is 11.7 Å². The lowest BCUT2D eigenvalue weighted by Gasteiger charge is -2.19. The van der Waals surface area contributed by atoms with E-state index >= 15 is 0 Å². The van der Waals surface area contributed by atoms with Gasteiger partial charge in [0.25, 0.3) is 0 Å². The van der Waals surface area contributed by atoms with Crippen molar-refractivity contribution >= 4 is 11.6 Å². The second-order valence-corrected chi connectivity index (χ2v) is 4.70. The molecule has 2 rings (SSSR count). The third-order valence-electron chi connectivity index (χ3n) is 3.51. The van der Waals surface area contributed by atoms with Crippen LogP contribution in [0.5, 0.6) is 5.75 Å². The molecule has 1 aliphatic carbocycles. The number of carbonyl (C=O) groups is 1. The van der Waals surface area contributed by atoms with Gasteiger partial charge in [-0.05, 0) is 25.0 Å². The molecule has 1 aromatic rings. The zero-order valence-electron chi connectivity index (χ0n) is 10.7. The predicted octanol–water partition coefficient (Wildman–Crippen LogP) is 2.86. The molecule has 1 aliphatic rings. The first-order valence-electron chi connectivity index (χ1n) is 6.17. The molecular weight excluding hydrogens is 247 g/mol. The van der Waals surface area contributed by atoms with Gasteiger partial charge in [0.2, 0.25) is 5.91 Å². The predicted molar refractivity (Wildman–Crippen MR) is 68.1 cm³/mol. The standard InChI is InChI=1S/C14H15FN2O2/c1-19-12-8-10(4-5-11(12)15)17-13(18)14(9-16)6-2-3-7-14/h4-5,8H,2-3,6-7H2,1H3,(H,17,18). The quantitative estimate of drug-likeness (QED) is 0.911. The summed E-state index contributed by atoms with van der Waals surface area (Å²) in [6.07, 6.45) is 2.92. The first-order valence-corrected chi connectivity index (χ1v) is 6.17. The largest absolute Gasteiger partial charge is 0.494 e. The Morgan fingerprint density at radius 3 is 2.74 bits per heavy atom. The van der Waals surface area contributed by atoms with E-state index in [4.69, 9.17) is 4.74 Å². The van der Waals surface area contributed by atoms with Crippen molar-refractivity contribution in [2.24, 2.45) is 5.41 Å². The summed E-state index contributed by atoms with van der Waals surface area (Å²) in [6.45, 7) is 0. The summed E-state index contributed by atoms with van der Waals surface area (Å²) in [5, 5.41) is 11.9. The van der Waals surface area contributed by atoms with Gasteiger partial charge in [0.05, 0.1) is 13.2 Å². The minimum absolute atomic E-state index is 0.0650. The van der Waals surface area contributed by atoms with Crippen molar-refractivity contribution in [2.45, 2.75) is 25.7 Å². The number of hydrogen-bond acceptors (Lipinski definition) is 3. The monoisotopic (exact) mass is 262 g/mol. The zero-order valence-corrected chi connectivity index (χ0v) is 10.7. The number of benzene rings is 1. The van der Waals surface area contributed by atoms with Crippen LogP contribution < -0.4 is 10.1 Å². The van der Waals surface area contributed by atoms with Gasteiger partial charge in [0, 0.05) is 11.8 Å². The van der Waals surface area contributed by atoms with E-state index in [1.807, 2.05) is 0 Å². The average Bonchev–Trinajstić information content (AvgIpc) is 2.91. The molecule has 0 bridgehead atoms. The number of rotatable bonds is 3. The molecule has 1 amide bonds. The summed E-state index contributed by atoms with van der Waals surface area (Å²) < 4.78 is 18.1. The summed E-state index contributed by atoms with van der Waals surface area (Å²) in [6, 6.07) is 6.21. The van der Waals surface area contributed by atoms with E-state index in [0.717, 1.165) is 12.8 Å². The molecule has 4 nitrogen and oxygen atoms in total. The molecule has 0 atom stereocenters.